The van der Waals surface area contributed by atoms with Crippen LogP contribution in [0.15, 0.2) is 30.6 Å². The molecule has 0 radical (unpaired) electrons. The second-order valence-electron chi connectivity index (χ2n) is 8.08. The number of rotatable bonds is 7. The first-order valence-electron chi connectivity index (χ1n) is 11.0. The molecule has 2 aromatic rings. The second-order valence-corrected chi connectivity index (χ2v) is 8.08. The summed E-state index contributed by atoms with van der Waals surface area (Å²) >= 11 is 0. The Labute approximate surface area is 178 Å². The molecule has 2 aliphatic heterocycles. The van der Waals surface area contributed by atoms with Gasteiger partial charge in [0.2, 0.25) is 0 Å². The molecule has 0 N–H and O–H groups in total. The van der Waals surface area contributed by atoms with E-state index in [0.29, 0.717) is 17.1 Å². The minimum atomic E-state index is 0.0639. The number of aryl methyl sites for hydroxylation is 1. The number of hydrogen-bond donors (Lipinski definition) is 0. The zero-order valence-corrected chi connectivity index (χ0v) is 18.0. The molecule has 4 rings (SSSR count). The van der Waals surface area contributed by atoms with Crippen LogP contribution in [0, 0.1) is 0 Å². The Morgan fingerprint density at radius 2 is 1.93 bits per heavy atom. The van der Waals surface area contributed by atoms with Gasteiger partial charge >= 0.3 is 0 Å². The number of likely N-dealkylation sites (tertiary alicyclic amines) is 2. The van der Waals surface area contributed by atoms with Gasteiger partial charge in [-0.05, 0) is 44.7 Å². The number of nitrogens with zero attached hydrogens (tertiary/aromatic N) is 4. The summed E-state index contributed by atoms with van der Waals surface area (Å²) in [7, 11) is 1.64. The third kappa shape index (κ3) is 4.61. The highest BCUT2D eigenvalue weighted by molar-refractivity contribution is 5.97. The van der Waals surface area contributed by atoms with Crippen LogP contribution in [-0.2, 0) is 13.1 Å². The summed E-state index contributed by atoms with van der Waals surface area (Å²) in [5, 5.41) is 0. The smallest absolute Gasteiger partial charge is 0.257 e. The zero-order chi connectivity index (χ0) is 20.9. The number of carbonyl (C=O) groups excluding carboxylic acids is 1. The number of amides is 1. The van der Waals surface area contributed by atoms with Crippen molar-refractivity contribution >= 4 is 5.91 Å². The topological polar surface area (TPSA) is 59.8 Å². The molecule has 0 atom stereocenters. The molecule has 0 spiro atoms. The molecule has 7 heteroatoms. The number of aromatic nitrogens is 2. The highest BCUT2D eigenvalue weighted by Gasteiger charge is 2.26. The van der Waals surface area contributed by atoms with Gasteiger partial charge in [0.1, 0.15) is 23.4 Å². The molecule has 0 aliphatic carbocycles. The first-order chi connectivity index (χ1) is 14.7. The van der Waals surface area contributed by atoms with Crippen molar-refractivity contribution in [3.8, 4) is 11.5 Å². The number of benzene rings is 1. The van der Waals surface area contributed by atoms with E-state index in [1.807, 2.05) is 35.5 Å². The number of imidazole rings is 1. The third-order valence-corrected chi connectivity index (χ3v) is 6.15. The van der Waals surface area contributed by atoms with E-state index in [9.17, 15) is 4.79 Å². The molecule has 0 bridgehead atoms. The van der Waals surface area contributed by atoms with Crippen LogP contribution in [0.3, 0.4) is 0 Å². The van der Waals surface area contributed by atoms with E-state index in [4.69, 9.17) is 9.47 Å². The molecule has 1 amide bonds. The minimum absolute atomic E-state index is 0.0639. The summed E-state index contributed by atoms with van der Waals surface area (Å²) in [5.74, 6) is 2.54. The van der Waals surface area contributed by atoms with Gasteiger partial charge in [0.25, 0.3) is 5.91 Å². The molecular formula is C23H32N4O3. The van der Waals surface area contributed by atoms with Crippen LogP contribution in [0.4, 0.5) is 0 Å². The van der Waals surface area contributed by atoms with E-state index in [1.54, 1.807) is 7.11 Å². The van der Waals surface area contributed by atoms with E-state index in [-0.39, 0.29) is 12.0 Å². The molecule has 3 heterocycles. The lowest BCUT2D eigenvalue weighted by Crippen LogP contribution is -2.38. The normalized spacial score (nSPS) is 18.0. The highest BCUT2D eigenvalue weighted by atomic mass is 16.5. The number of hydrogen-bond acceptors (Lipinski definition) is 5. The Kier molecular flexibility index (Phi) is 6.57. The molecular weight excluding hydrogens is 380 g/mol. The number of piperidine rings is 1. The Morgan fingerprint density at radius 3 is 2.63 bits per heavy atom. The van der Waals surface area contributed by atoms with Crippen molar-refractivity contribution in [2.24, 2.45) is 0 Å². The zero-order valence-electron chi connectivity index (χ0n) is 18.0. The molecule has 162 valence electrons. The third-order valence-electron chi connectivity index (χ3n) is 6.15. The van der Waals surface area contributed by atoms with Crippen LogP contribution >= 0.6 is 0 Å². The Morgan fingerprint density at radius 1 is 1.17 bits per heavy atom. The van der Waals surface area contributed by atoms with Gasteiger partial charge in [-0.3, -0.25) is 9.69 Å². The van der Waals surface area contributed by atoms with Gasteiger partial charge in [0.15, 0.2) is 0 Å². The molecule has 1 aromatic carbocycles. The lowest BCUT2D eigenvalue weighted by atomic mass is 10.1. The van der Waals surface area contributed by atoms with Crippen molar-refractivity contribution < 1.29 is 14.3 Å². The van der Waals surface area contributed by atoms with E-state index >= 15 is 0 Å². The van der Waals surface area contributed by atoms with Gasteiger partial charge in [0, 0.05) is 51.2 Å². The van der Waals surface area contributed by atoms with Crippen LogP contribution in [0.5, 0.6) is 11.5 Å². The molecule has 7 nitrogen and oxygen atoms in total. The highest BCUT2D eigenvalue weighted by Crippen LogP contribution is 2.30. The van der Waals surface area contributed by atoms with Crippen LogP contribution in [0.25, 0.3) is 0 Å². The fraction of sp³-hybridized carbons (Fsp3) is 0.565. The molecule has 0 unspecified atom stereocenters. The number of carbonyl (C=O) groups is 1. The fourth-order valence-corrected chi connectivity index (χ4v) is 4.34. The van der Waals surface area contributed by atoms with E-state index in [0.717, 1.165) is 70.8 Å². The van der Waals surface area contributed by atoms with E-state index in [1.165, 1.54) is 0 Å². The standard InChI is InChI=1S/C23H32N4O3/c1-3-26-15-10-24-22(26)17-25-13-8-18(9-14-25)30-21-16-19(29-2)6-7-20(21)23(28)27-11-4-5-12-27/h6-7,10,15-16,18H,3-5,8-9,11-14,17H2,1-2H3. The first kappa shape index (κ1) is 20.7. The monoisotopic (exact) mass is 412 g/mol. The molecule has 30 heavy (non-hydrogen) atoms. The van der Waals surface area contributed by atoms with Crippen molar-refractivity contribution in [3.63, 3.8) is 0 Å². The summed E-state index contributed by atoms with van der Waals surface area (Å²) in [6.45, 7) is 7.53. The lowest BCUT2D eigenvalue weighted by Gasteiger charge is -2.32. The van der Waals surface area contributed by atoms with Crippen molar-refractivity contribution in [1.29, 1.82) is 0 Å². The average Bonchev–Trinajstić information content (AvgIpc) is 3.46. The summed E-state index contributed by atoms with van der Waals surface area (Å²) in [5.41, 5.74) is 0.644. The summed E-state index contributed by atoms with van der Waals surface area (Å²) < 4.78 is 13.9. The van der Waals surface area contributed by atoms with Gasteiger partial charge in [0.05, 0.1) is 19.2 Å². The Balaban J connectivity index is 1.40. The van der Waals surface area contributed by atoms with Crippen molar-refractivity contribution in [2.75, 3.05) is 33.3 Å². The van der Waals surface area contributed by atoms with Gasteiger partial charge in [-0.15, -0.1) is 0 Å². The predicted octanol–water partition coefficient (Wildman–Crippen LogP) is 3.19. The van der Waals surface area contributed by atoms with Crippen LogP contribution in [-0.4, -0.2) is 64.7 Å². The maximum atomic E-state index is 13.0. The maximum Gasteiger partial charge on any atom is 0.257 e. The Hall–Kier alpha value is -2.54. The van der Waals surface area contributed by atoms with Crippen LogP contribution in [0.2, 0.25) is 0 Å². The summed E-state index contributed by atoms with van der Waals surface area (Å²) in [6.07, 6.45) is 8.02. The van der Waals surface area contributed by atoms with Crippen molar-refractivity contribution in [1.82, 2.24) is 19.4 Å². The second kappa shape index (κ2) is 9.51. The number of ether oxygens (including phenoxy) is 2. The van der Waals surface area contributed by atoms with E-state index < -0.39 is 0 Å². The fourth-order valence-electron chi connectivity index (χ4n) is 4.34. The van der Waals surface area contributed by atoms with Crippen molar-refractivity contribution in [3.05, 3.63) is 42.0 Å². The quantitative estimate of drug-likeness (QED) is 0.699. The maximum absolute atomic E-state index is 13.0. The summed E-state index contributed by atoms with van der Waals surface area (Å²) in [4.78, 5) is 21.8. The number of methoxy groups -OCH3 is 1. The largest absolute Gasteiger partial charge is 0.497 e. The van der Waals surface area contributed by atoms with Gasteiger partial charge < -0.3 is 18.9 Å². The van der Waals surface area contributed by atoms with E-state index in [2.05, 4.69) is 21.4 Å². The molecule has 2 aliphatic rings. The van der Waals surface area contributed by atoms with Crippen molar-refractivity contribution in [2.45, 2.75) is 51.8 Å². The van der Waals surface area contributed by atoms with Crippen LogP contribution < -0.4 is 9.47 Å². The van der Waals surface area contributed by atoms with Gasteiger partial charge in [-0.1, -0.05) is 0 Å². The van der Waals surface area contributed by atoms with Gasteiger partial charge in [-0.25, -0.2) is 4.98 Å². The lowest BCUT2D eigenvalue weighted by molar-refractivity contribution is 0.0762. The molecule has 0 saturated carbocycles. The molecule has 2 saturated heterocycles. The minimum Gasteiger partial charge on any atom is -0.497 e. The first-order valence-corrected chi connectivity index (χ1v) is 11.0. The Bertz CT molecular complexity index is 852. The summed E-state index contributed by atoms with van der Waals surface area (Å²) in [6, 6.07) is 5.54. The van der Waals surface area contributed by atoms with Gasteiger partial charge in [-0.2, -0.15) is 0 Å². The average molecular weight is 413 g/mol. The molecule has 1 aromatic heterocycles. The molecule has 2 fully saturated rings. The predicted molar refractivity (Wildman–Crippen MR) is 115 cm³/mol. The SMILES string of the molecule is CCn1ccnc1CN1CCC(Oc2cc(OC)ccc2C(=O)N2CCCC2)CC1. The van der Waals surface area contributed by atoms with Crippen LogP contribution in [0.1, 0.15) is 48.8 Å².